The summed E-state index contributed by atoms with van der Waals surface area (Å²) in [4.78, 5) is 40.9. The number of imide groups is 1. The summed E-state index contributed by atoms with van der Waals surface area (Å²) < 4.78 is 11.2. The zero-order valence-electron chi connectivity index (χ0n) is 20.7. The van der Waals surface area contributed by atoms with E-state index in [-0.39, 0.29) is 18.4 Å². The van der Waals surface area contributed by atoms with Crippen LogP contribution in [0.25, 0.3) is 6.08 Å². The Morgan fingerprint density at radius 1 is 1.17 bits per heavy atom. The highest BCUT2D eigenvalue weighted by molar-refractivity contribution is 6.10. The molecule has 1 aliphatic carbocycles. The van der Waals surface area contributed by atoms with Crippen molar-refractivity contribution >= 4 is 29.6 Å². The Morgan fingerprint density at radius 2 is 1.92 bits per heavy atom. The van der Waals surface area contributed by atoms with Gasteiger partial charge in [-0.2, -0.15) is 5.10 Å². The van der Waals surface area contributed by atoms with Gasteiger partial charge >= 0.3 is 6.03 Å². The number of hydrazone groups is 1. The number of hydrogen-bond donors (Lipinski definition) is 1. The molecule has 2 aromatic rings. The number of nitrogens with zero attached hydrogens (tertiary/aromatic N) is 3. The molecule has 2 aromatic heterocycles. The Kier molecular flexibility index (Phi) is 6.55. The van der Waals surface area contributed by atoms with Gasteiger partial charge in [0.2, 0.25) is 0 Å². The molecule has 2 atom stereocenters. The maximum absolute atomic E-state index is 13.7. The van der Waals surface area contributed by atoms with E-state index >= 15 is 0 Å². The molecular formula is C27H32N4O5. The van der Waals surface area contributed by atoms with Crippen molar-refractivity contribution in [2.75, 3.05) is 6.54 Å². The van der Waals surface area contributed by atoms with E-state index in [1.807, 2.05) is 38.1 Å². The lowest BCUT2D eigenvalue weighted by molar-refractivity contribution is -0.140. The van der Waals surface area contributed by atoms with Gasteiger partial charge in [0.1, 0.15) is 29.6 Å². The summed E-state index contributed by atoms with van der Waals surface area (Å²) in [6.07, 6.45) is 10.4. The Labute approximate surface area is 210 Å². The van der Waals surface area contributed by atoms with E-state index in [1.165, 1.54) is 5.01 Å². The Hall–Kier alpha value is -3.62. The van der Waals surface area contributed by atoms with Crippen LogP contribution in [0.1, 0.15) is 76.4 Å². The van der Waals surface area contributed by atoms with Crippen LogP contribution in [0.3, 0.4) is 0 Å². The van der Waals surface area contributed by atoms with E-state index in [2.05, 4.69) is 5.32 Å². The molecule has 2 aliphatic heterocycles. The maximum Gasteiger partial charge on any atom is 0.325 e. The van der Waals surface area contributed by atoms with Crippen LogP contribution >= 0.6 is 0 Å². The molecule has 0 aromatic carbocycles. The van der Waals surface area contributed by atoms with Crippen molar-refractivity contribution in [2.45, 2.75) is 70.4 Å². The van der Waals surface area contributed by atoms with E-state index in [0.717, 1.165) is 54.0 Å². The van der Waals surface area contributed by atoms with Crippen LogP contribution in [-0.2, 0) is 9.59 Å². The second-order valence-corrected chi connectivity index (χ2v) is 9.77. The zero-order chi connectivity index (χ0) is 25.3. The topological polar surface area (TPSA) is 108 Å². The summed E-state index contributed by atoms with van der Waals surface area (Å²) >= 11 is 0. The predicted octanol–water partition coefficient (Wildman–Crippen LogP) is 4.89. The number of furan rings is 2. The van der Waals surface area contributed by atoms with Crippen molar-refractivity contribution in [2.24, 2.45) is 11.0 Å². The third-order valence-corrected chi connectivity index (χ3v) is 7.34. The van der Waals surface area contributed by atoms with Gasteiger partial charge in [0.25, 0.3) is 11.8 Å². The minimum absolute atomic E-state index is 0.0440. The van der Waals surface area contributed by atoms with Gasteiger partial charge in [-0.05, 0) is 68.0 Å². The quantitative estimate of drug-likeness (QED) is 0.528. The fraction of sp³-hybridized carbons (Fsp3) is 0.481. The number of urea groups is 1. The molecule has 0 spiro atoms. The Bertz CT molecular complexity index is 1170. The summed E-state index contributed by atoms with van der Waals surface area (Å²) in [6, 6.07) is 6.40. The molecule has 36 heavy (non-hydrogen) atoms. The Balaban J connectivity index is 1.44. The lowest BCUT2D eigenvalue weighted by Gasteiger charge is -2.28. The number of nitrogens with one attached hydrogen (secondary N) is 1. The van der Waals surface area contributed by atoms with Crippen molar-refractivity contribution in [1.29, 1.82) is 0 Å². The molecule has 1 N–H and O–H groups in total. The van der Waals surface area contributed by atoms with E-state index in [1.54, 1.807) is 18.6 Å². The normalized spacial score (nSPS) is 24.3. The van der Waals surface area contributed by atoms with Gasteiger partial charge in [-0.25, -0.2) is 9.80 Å². The van der Waals surface area contributed by atoms with E-state index < -0.39 is 23.5 Å². The van der Waals surface area contributed by atoms with E-state index in [9.17, 15) is 14.4 Å². The molecule has 3 aliphatic rings. The monoisotopic (exact) mass is 492 g/mol. The molecule has 2 fully saturated rings. The maximum atomic E-state index is 13.7. The summed E-state index contributed by atoms with van der Waals surface area (Å²) in [5, 5.41) is 9.07. The first kappa shape index (κ1) is 24.1. The summed E-state index contributed by atoms with van der Waals surface area (Å²) in [5.74, 6) is 0.576. The molecule has 9 nitrogen and oxygen atoms in total. The summed E-state index contributed by atoms with van der Waals surface area (Å²) in [7, 11) is 0. The highest BCUT2D eigenvalue weighted by Crippen LogP contribution is 2.44. The lowest BCUT2D eigenvalue weighted by Crippen LogP contribution is -2.47. The molecule has 1 saturated heterocycles. The van der Waals surface area contributed by atoms with Gasteiger partial charge in [0.15, 0.2) is 0 Å². The first-order valence-corrected chi connectivity index (χ1v) is 12.8. The lowest BCUT2D eigenvalue weighted by atomic mass is 9.79. The smallest absolute Gasteiger partial charge is 0.325 e. The molecule has 4 heterocycles. The van der Waals surface area contributed by atoms with Gasteiger partial charge in [-0.15, -0.1) is 0 Å². The highest BCUT2D eigenvalue weighted by atomic mass is 16.3. The molecule has 0 radical (unpaired) electrons. The Morgan fingerprint density at radius 3 is 2.58 bits per heavy atom. The third-order valence-electron chi connectivity index (χ3n) is 7.34. The van der Waals surface area contributed by atoms with Crippen LogP contribution in [0.2, 0.25) is 0 Å². The van der Waals surface area contributed by atoms with E-state index in [4.69, 9.17) is 13.9 Å². The molecule has 5 rings (SSSR count). The summed E-state index contributed by atoms with van der Waals surface area (Å²) in [6.45, 7) is 3.60. The van der Waals surface area contributed by atoms with Gasteiger partial charge in [-0.1, -0.05) is 26.7 Å². The SMILES string of the molecule is CCCC1(CCC)NC(=O)N(CC(=O)N2N=C3/C(=C\c4ccco4)CCC[C@H]3[C@H]2c2ccco2)C1=O. The van der Waals surface area contributed by atoms with Crippen LogP contribution in [-0.4, -0.2) is 45.5 Å². The fourth-order valence-electron chi connectivity index (χ4n) is 5.84. The molecule has 0 unspecified atom stereocenters. The molecule has 9 heteroatoms. The average Bonchev–Trinajstić information content (AvgIpc) is 3.65. The minimum Gasteiger partial charge on any atom is -0.467 e. The first-order valence-electron chi connectivity index (χ1n) is 12.8. The highest BCUT2D eigenvalue weighted by Gasteiger charge is 2.52. The predicted molar refractivity (Wildman–Crippen MR) is 133 cm³/mol. The number of carbonyl (C=O) groups is 3. The number of rotatable bonds is 8. The number of hydrogen-bond acceptors (Lipinski definition) is 6. The van der Waals surface area contributed by atoms with E-state index in [0.29, 0.717) is 18.6 Å². The van der Waals surface area contributed by atoms with Gasteiger partial charge in [-0.3, -0.25) is 14.5 Å². The molecule has 190 valence electrons. The molecule has 0 bridgehead atoms. The third kappa shape index (κ3) is 4.16. The van der Waals surface area contributed by atoms with Gasteiger partial charge in [0.05, 0.1) is 18.2 Å². The van der Waals surface area contributed by atoms with Gasteiger partial charge in [0, 0.05) is 5.92 Å². The number of allylic oxidation sites excluding steroid dienone is 1. The van der Waals surface area contributed by atoms with Crippen LogP contribution in [0.4, 0.5) is 4.79 Å². The fourth-order valence-corrected chi connectivity index (χ4v) is 5.84. The van der Waals surface area contributed by atoms with Crippen LogP contribution in [0, 0.1) is 5.92 Å². The van der Waals surface area contributed by atoms with Gasteiger partial charge < -0.3 is 14.2 Å². The number of amides is 4. The second kappa shape index (κ2) is 9.79. The largest absolute Gasteiger partial charge is 0.467 e. The standard InChI is InChI=1S/C27H32N4O5/c1-3-12-27(13-4-2)25(33)30(26(34)28-27)17-22(32)31-24(21-11-7-15-36-21)20-10-5-8-18(23(20)29-31)16-19-9-6-14-35-19/h6-7,9,11,14-16,20,24H,3-5,8,10,12-13,17H2,1-2H3,(H,28,34)/b18-16-/t20-,24+/m1/s1. The van der Waals surface area contributed by atoms with Crippen molar-refractivity contribution in [3.63, 3.8) is 0 Å². The first-order chi connectivity index (χ1) is 17.5. The van der Waals surface area contributed by atoms with Crippen LogP contribution < -0.4 is 5.32 Å². The van der Waals surface area contributed by atoms with Crippen molar-refractivity contribution < 1.29 is 23.2 Å². The summed E-state index contributed by atoms with van der Waals surface area (Å²) in [5.41, 5.74) is 0.911. The second-order valence-electron chi connectivity index (χ2n) is 9.77. The zero-order valence-corrected chi connectivity index (χ0v) is 20.7. The van der Waals surface area contributed by atoms with Crippen LogP contribution in [0.15, 0.2) is 56.3 Å². The van der Waals surface area contributed by atoms with Crippen LogP contribution in [0.5, 0.6) is 0 Å². The average molecular weight is 493 g/mol. The van der Waals surface area contributed by atoms with Crippen molar-refractivity contribution in [3.8, 4) is 0 Å². The minimum atomic E-state index is -0.939. The molecule has 4 amide bonds. The van der Waals surface area contributed by atoms with Crippen molar-refractivity contribution in [1.82, 2.24) is 15.2 Å². The number of fused-ring (bicyclic) bond motifs is 1. The number of carbonyl (C=O) groups excluding carboxylic acids is 3. The van der Waals surface area contributed by atoms with Crippen molar-refractivity contribution in [3.05, 3.63) is 53.9 Å². The molecule has 1 saturated carbocycles. The molecular weight excluding hydrogens is 460 g/mol.